The van der Waals surface area contributed by atoms with Crippen LogP contribution >= 0.6 is 0 Å². The highest BCUT2D eigenvalue weighted by atomic mass is 32.2. The number of rotatable bonds is 3. The normalized spacial score (nSPS) is 15.7. The lowest BCUT2D eigenvalue weighted by molar-refractivity contribution is 0.669. The third-order valence-corrected chi connectivity index (χ3v) is 3.98. The zero-order valence-electron chi connectivity index (χ0n) is 8.36. The molecule has 0 N–H and O–H groups in total. The fraction of sp³-hybridized carbons (Fsp3) is 0.455. The van der Waals surface area contributed by atoms with Crippen LogP contribution in [0.1, 0.15) is 31.6 Å². The summed E-state index contributed by atoms with van der Waals surface area (Å²) < 4.78 is 11.8. The van der Waals surface area contributed by atoms with Crippen LogP contribution in [-0.2, 0) is 10.8 Å². The van der Waals surface area contributed by atoms with Gasteiger partial charge in [-0.05, 0) is 12.5 Å². The molecule has 2 heteroatoms. The summed E-state index contributed by atoms with van der Waals surface area (Å²) in [5.41, 5.74) is 1.16. The number of hydrogen-bond donors (Lipinski definition) is 0. The Morgan fingerprint density at radius 3 is 2.08 bits per heavy atom. The summed E-state index contributed by atoms with van der Waals surface area (Å²) >= 11 is 0. The van der Waals surface area contributed by atoms with Crippen LogP contribution in [0.3, 0.4) is 0 Å². The van der Waals surface area contributed by atoms with E-state index in [9.17, 15) is 4.21 Å². The second kappa shape index (κ2) is 4.56. The molecule has 0 aliphatic rings. The Morgan fingerprint density at radius 2 is 1.62 bits per heavy atom. The predicted octanol–water partition coefficient (Wildman–Crippen LogP) is 2.90. The first-order valence-electron chi connectivity index (χ1n) is 4.57. The van der Waals surface area contributed by atoms with E-state index in [-0.39, 0.29) is 10.5 Å². The van der Waals surface area contributed by atoms with Crippen molar-refractivity contribution >= 4 is 10.8 Å². The lowest BCUT2D eigenvalue weighted by Gasteiger charge is -2.14. The SMILES string of the molecule is CC(C)S(=O)[C@H](C)c1ccccc1. The molecule has 0 spiro atoms. The summed E-state index contributed by atoms with van der Waals surface area (Å²) in [6, 6.07) is 10.0. The summed E-state index contributed by atoms with van der Waals surface area (Å²) in [5, 5.41) is 0.372. The van der Waals surface area contributed by atoms with Crippen molar-refractivity contribution in [2.45, 2.75) is 31.3 Å². The molecule has 13 heavy (non-hydrogen) atoms. The fourth-order valence-corrected chi connectivity index (χ4v) is 2.51. The maximum absolute atomic E-state index is 11.8. The lowest BCUT2D eigenvalue weighted by Crippen LogP contribution is -2.12. The van der Waals surface area contributed by atoms with E-state index in [0.29, 0.717) is 0 Å². The molecule has 72 valence electrons. The van der Waals surface area contributed by atoms with Crippen molar-refractivity contribution in [3.8, 4) is 0 Å². The van der Waals surface area contributed by atoms with Crippen LogP contribution in [0.15, 0.2) is 30.3 Å². The van der Waals surface area contributed by atoms with E-state index in [1.807, 2.05) is 51.1 Å². The van der Waals surface area contributed by atoms with E-state index in [1.165, 1.54) is 0 Å². The Balaban J connectivity index is 2.80. The molecule has 0 bridgehead atoms. The van der Waals surface area contributed by atoms with Crippen LogP contribution < -0.4 is 0 Å². The molecule has 1 aromatic carbocycles. The predicted molar refractivity (Wildman–Crippen MR) is 58.1 cm³/mol. The zero-order valence-corrected chi connectivity index (χ0v) is 9.17. The Kier molecular flexibility index (Phi) is 3.67. The summed E-state index contributed by atoms with van der Waals surface area (Å²) in [5.74, 6) is 0. The topological polar surface area (TPSA) is 17.1 Å². The van der Waals surface area contributed by atoms with Gasteiger partial charge in [0.25, 0.3) is 0 Å². The minimum absolute atomic E-state index is 0.140. The van der Waals surface area contributed by atoms with Gasteiger partial charge in [0, 0.05) is 16.0 Å². The van der Waals surface area contributed by atoms with Gasteiger partial charge in [0.1, 0.15) is 0 Å². The average Bonchev–Trinajstić information content (AvgIpc) is 2.17. The van der Waals surface area contributed by atoms with Crippen LogP contribution in [-0.4, -0.2) is 9.46 Å². The van der Waals surface area contributed by atoms with E-state index in [0.717, 1.165) is 5.56 Å². The van der Waals surface area contributed by atoms with Crippen LogP contribution in [0, 0.1) is 0 Å². The molecule has 0 amide bonds. The lowest BCUT2D eigenvalue weighted by atomic mass is 10.2. The van der Waals surface area contributed by atoms with Gasteiger partial charge in [0.2, 0.25) is 0 Å². The van der Waals surface area contributed by atoms with E-state index in [1.54, 1.807) is 0 Å². The van der Waals surface area contributed by atoms with Gasteiger partial charge in [-0.25, -0.2) is 0 Å². The Morgan fingerprint density at radius 1 is 1.08 bits per heavy atom. The zero-order chi connectivity index (χ0) is 9.84. The molecule has 1 aromatic rings. The largest absolute Gasteiger partial charge is 0.259 e. The van der Waals surface area contributed by atoms with Crippen LogP contribution in [0.25, 0.3) is 0 Å². The molecule has 0 fully saturated rings. The van der Waals surface area contributed by atoms with Gasteiger partial charge < -0.3 is 0 Å². The van der Waals surface area contributed by atoms with Gasteiger partial charge in [-0.2, -0.15) is 0 Å². The van der Waals surface area contributed by atoms with Crippen molar-refractivity contribution in [2.75, 3.05) is 0 Å². The van der Waals surface area contributed by atoms with Crippen molar-refractivity contribution in [3.05, 3.63) is 35.9 Å². The molecule has 1 nitrogen and oxygen atoms in total. The van der Waals surface area contributed by atoms with Crippen LogP contribution in [0.5, 0.6) is 0 Å². The monoisotopic (exact) mass is 196 g/mol. The number of benzene rings is 1. The Bertz CT molecular complexity index is 279. The van der Waals surface area contributed by atoms with E-state index < -0.39 is 10.8 Å². The van der Waals surface area contributed by atoms with E-state index >= 15 is 0 Å². The maximum Gasteiger partial charge on any atom is 0.0571 e. The van der Waals surface area contributed by atoms with Gasteiger partial charge in [0.05, 0.1) is 5.25 Å². The molecular formula is C11H16OS. The minimum atomic E-state index is -0.767. The first kappa shape index (κ1) is 10.5. The summed E-state index contributed by atoms with van der Waals surface area (Å²) in [7, 11) is -0.767. The molecule has 0 aromatic heterocycles. The highest BCUT2D eigenvalue weighted by Crippen LogP contribution is 2.21. The third kappa shape index (κ3) is 2.66. The molecule has 0 saturated carbocycles. The summed E-state index contributed by atoms with van der Waals surface area (Å²) in [6.45, 7) is 6.01. The average molecular weight is 196 g/mol. The van der Waals surface area contributed by atoms with Crippen molar-refractivity contribution in [1.82, 2.24) is 0 Å². The van der Waals surface area contributed by atoms with Gasteiger partial charge in [-0.3, -0.25) is 4.21 Å². The van der Waals surface area contributed by atoms with Crippen molar-refractivity contribution in [2.24, 2.45) is 0 Å². The maximum atomic E-state index is 11.8. The van der Waals surface area contributed by atoms with Crippen LogP contribution in [0.2, 0.25) is 0 Å². The first-order valence-corrected chi connectivity index (χ1v) is 5.85. The molecule has 2 atom stereocenters. The Hall–Kier alpha value is -0.630. The molecular weight excluding hydrogens is 180 g/mol. The number of hydrogen-bond acceptors (Lipinski definition) is 1. The minimum Gasteiger partial charge on any atom is -0.259 e. The van der Waals surface area contributed by atoms with Crippen LogP contribution in [0.4, 0.5) is 0 Å². The highest BCUT2D eigenvalue weighted by molar-refractivity contribution is 7.85. The quantitative estimate of drug-likeness (QED) is 0.726. The molecule has 1 rings (SSSR count). The van der Waals surface area contributed by atoms with Gasteiger partial charge >= 0.3 is 0 Å². The van der Waals surface area contributed by atoms with E-state index in [4.69, 9.17) is 0 Å². The van der Waals surface area contributed by atoms with Gasteiger partial charge in [0.15, 0.2) is 0 Å². The smallest absolute Gasteiger partial charge is 0.0571 e. The summed E-state index contributed by atoms with van der Waals surface area (Å²) in [4.78, 5) is 0. The summed E-state index contributed by atoms with van der Waals surface area (Å²) in [6.07, 6.45) is 0. The fourth-order valence-electron chi connectivity index (χ4n) is 1.27. The highest BCUT2D eigenvalue weighted by Gasteiger charge is 2.15. The second-order valence-corrected chi connectivity index (χ2v) is 5.74. The van der Waals surface area contributed by atoms with Crippen molar-refractivity contribution < 1.29 is 4.21 Å². The standard InChI is InChI=1S/C11H16OS/c1-9(2)13(12)10(3)11-7-5-4-6-8-11/h4-10H,1-3H3/t10-,13?/m1/s1. The van der Waals surface area contributed by atoms with Gasteiger partial charge in [-0.1, -0.05) is 44.2 Å². The molecule has 0 aliphatic heterocycles. The molecule has 0 aliphatic carbocycles. The second-order valence-electron chi connectivity index (χ2n) is 3.43. The van der Waals surface area contributed by atoms with Crippen molar-refractivity contribution in [1.29, 1.82) is 0 Å². The van der Waals surface area contributed by atoms with Crippen molar-refractivity contribution in [3.63, 3.8) is 0 Å². The molecule has 0 radical (unpaired) electrons. The van der Waals surface area contributed by atoms with Gasteiger partial charge in [-0.15, -0.1) is 0 Å². The molecule has 0 saturated heterocycles. The Labute approximate surface area is 82.6 Å². The molecule has 1 unspecified atom stereocenters. The van der Waals surface area contributed by atoms with E-state index in [2.05, 4.69) is 0 Å². The third-order valence-electron chi connectivity index (χ3n) is 2.08. The molecule has 0 heterocycles. The first-order chi connectivity index (χ1) is 6.13.